The first kappa shape index (κ1) is 7.42. The molecule has 1 heterocycles. The maximum atomic E-state index is 5.57. The van der Waals surface area contributed by atoms with Crippen LogP contribution < -0.4 is 0 Å². The average Bonchev–Trinajstić information content (AvgIpc) is 1.78. The van der Waals surface area contributed by atoms with Gasteiger partial charge in [-0.3, -0.25) is 9.15 Å². The second-order valence-electron chi connectivity index (χ2n) is 3.07. The monoisotopic (exact) mass is 164 g/mol. The Morgan fingerprint density at radius 2 is 1.11 bits per heavy atom. The van der Waals surface area contributed by atoms with E-state index in [4.69, 9.17) is 13.3 Å². The lowest BCUT2D eigenvalue weighted by molar-refractivity contribution is -0.109. The molecule has 0 aromatic rings. The van der Waals surface area contributed by atoms with Crippen LogP contribution in [0.25, 0.3) is 0 Å². The molecule has 9 heavy (non-hydrogen) atoms. The van der Waals surface area contributed by atoms with E-state index in [1.54, 1.807) is 0 Å². The van der Waals surface area contributed by atoms with Gasteiger partial charge in [0.25, 0.3) is 0 Å². The number of hydrogen-bond acceptors (Lipinski definition) is 3. The second-order valence-corrected chi connectivity index (χ2v) is 9.82. The van der Waals surface area contributed by atoms with E-state index in [0.29, 0.717) is 0 Å². The first-order valence-electron chi connectivity index (χ1n) is 2.98. The molecule has 1 aliphatic rings. The van der Waals surface area contributed by atoms with Crippen LogP contribution >= 0.6 is 0 Å². The van der Waals surface area contributed by atoms with Crippen molar-refractivity contribution in [2.45, 2.75) is 26.2 Å². The molecule has 5 heteroatoms. The van der Waals surface area contributed by atoms with Crippen LogP contribution in [0.1, 0.15) is 0 Å². The van der Waals surface area contributed by atoms with E-state index >= 15 is 0 Å². The van der Waals surface area contributed by atoms with Crippen LogP contribution in [0.2, 0.25) is 26.2 Å². The lowest BCUT2D eigenvalue weighted by Gasteiger charge is -2.12. The molecule has 0 saturated carbocycles. The van der Waals surface area contributed by atoms with Crippen molar-refractivity contribution < 1.29 is 13.3 Å². The van der Waals surface area contributed by atoms with Crippen LogP contribution in [-0.2, 0) is 13.3 Å². The molecular weight excluding hydrogens is 152 g/mol. The molecule has 0 aromatic heterocycles. The molecule has 1 rings (SSSR count). The molecule has 1 fully saturated rings. The lowest BCUT2D eigenvalue weighted by Crippen LogP contribution is -2.34. The predicted molar refractivity (Wildman–Crippen MR) is 38.2 cm³/mol. The smallest absolute Gasteiger partial charge is 0.359 e. The summed E-state index contributed by atoms with van der Waals surface area (Å²) in [5, 5.41) is 0. The van der Waals surface area contributed by atoms with Crippen LogP contribution in [0.5, 0.6) is 0 Å². The maximum absolute atomic E-state index is 5.57. The summed E-state index contributed by atoms with van der Waals surface area (Å²) in [6, 6.07) is 0. The molecule has 0 spiro atoms. The zero-order valence-corrected chi connectivity index (χ0v) is 8.22. The minimum Gasteiger partial charge on any atom is -0.412 e. The van der Waals surface area contributed by atoms with Gasteiger partial charge in [0.05, 0.1) is 0 Å². The topological polar surface area (TPSA) is 27.7 Å². The van der Waals surface area contributed by atoms with Gasteiger partial charge in [0, 0.05) is 0 Å². The van der Waals surface area contributed by atoms with E-state index in [0.717, 1.165) is 0 Å². The highest BCUT2D eigenvalue weighted by atomic mass is 28.5. The van der Waals surface area contributed by atoms with E-state index in [9.17, 15) is 0 Å². The van der Waals surface area contributed by atoms with Crippen molar-refractivity contribution in [3.05, 3.63) is 0 Å². The standard InChI is InChI=1S/C4H12O3Si2/c1-8(2)5-6-9(3,4)7-8/h1-4H3. The Bertz CT molecular complexity index is 109. The zero-order chi connectivity index (χ0) is 7.12. The minimum atomic E-state index is -1.84. The normalized spacial score (nSPS) is 30.7. The van der Waals surface area contributed by atoms with Crippen LogP contribution in [-0.4, -0.2) is 17.1 Å². The predicted octanol–water partition coefficient (Wildman–Crippen LogP) is 1.37. The highest BCUT2D eigenvalue weighted by Gasteiger charge is 2.46. The summed E-state index contributed by atoms with van der Waals surface area (Å²) in [6.45, 7) is 7.92. The van der Waals surface area contributed by atoms with Gasteiger partial charge in [-0.15, -0.1) is 0 Å². The van der Waals surface area contributed by atoms with Gasteiger partial charge in [-0.25, -0.2) is 0 Å². The van der Waals surface area contributed by atoms with Gasteiger partial charge in [0.2, 0.25) is 0 Å². The van der Waals surface area contributed by atoms with E-state index in [2.05, 4.69) is 0 Å². The molecule has 0 amide bonds. The molecule has 0 atom stereocenters. The third-order valence-corrected chi connectivity index (χ3v) is 6.00. The van der Waals surface area contributed by atoms with Gasteiger partial charge in [0.15, 0.2) is 0 Å². The molecular formula is C4H12O3Si2. The summed E-state index contributed by atoms with van der Waals surface area (Å²) >= 11 is 0. The molecule has 0 aromatic carbocycles. The molecule has 0 N–H and O–H groups in total. The van der Waals surface area contributed by atoms with Crippen LogP contribution in [0.15, 0.2) is 0 Å². The van der Waals surface area contributed by atoms with Crippen LogP contribution in [0.3, 0.4) is 0 Å². The third kappa shape index (κ3) is 1.87. The van der Waals surface area contributed by atoms with Crippen molar-refractivity contribution >= 4 is 17.1 Å². The number of rotatable bonds is 0. The van der Waals surface area contributed by atoms with E-state index in [1.165, 1.54) is 0 Å². The Morgan fingerprint density at radius 1 is 0.778 bits per heavy atom. The van der Waals surface area contributed by atoms with Gasteiger partial charge in [-0.1, -0.05) is 0 Å². The summed E-state index contributed by atoms with van der Waals surface area (Å²) in [7, 11) is -3.67. The van der Waals surface area contributed by atoms with Crippen molar-refractivity contribution in [1.82, 2.24) is 0 Å². The molecule has 1 saturated heterocycles. The summed E-state index contributed by atoms with van der Waals surface area (Å²) in [5.74, 6) is 0. The van der Waals surface area contributed by atoms with Crippen molar-refractivity contribution in [2.75, 3.05) is 0 Å². The Kier molecular flexibility index (Phi) is 1.56. The van der Waals surface area contributed by atoms with Crippen LogP contribution in [0, 0.1) is 0 Å². The highest BCUT2D eigenvalue weighted by Crippen LogP contribution is 2.24. The van der Waals surface area contributed by atoms with Crippen molar-refractivity contribution in [3.63, 3.8) is 0 Å². The molecule has 1 aliphatic heterocycles. The Morgan fingerprint density at radius 3 is 1.22 bits per heavy atom. The molecule has 0 unspecified atom stereocenters. The van der Waals surface area contributed by atoms with E-state index in [-0.39, 0.29) is 0 Å². The highest BCUT2D eigenvalue weighted by molar-refractivity contribution is 6.81. The zero-order valence-electron chi connectivity index (χ0n) is 6.22. The minimum absolute atomic E-state index is 1.84. The van der Waals surface area contributed by atoms with Gasteiger partial charge < -0.3 is 4.12 Å². The summed E-state index contributed by atoms with van der Waals surface area (Å²) in [6.07, 6.45) is 0. The quantitative estimate of drug-likeness (QED) is 0.400. The summed E-state index contributed by atoms with van der Waals surface area (Å²) in [4.78, 5) is 0. The second kappa shape index (κ2) is 1.90. The fraction of sp³-hybridized carbons (Fsp3) is 1.00. The van der Waals surface area contributed by atoms with Gasteiger partial charge in [0.1, 0.15) is 0 Å². The fourth-order valence-corrected chi connectivity index (χ4v) is 7.44. The molecule has 0 radical (unpaired) electrons. The van der Waals surface area contributed by atoms with Gasteiger partial charge in [-0.05, 0) is 26.2 Å². The van der Waals surface area contributed by atoms with E-state index < -0.39 is 17.1 Å². The summed E-state index contributed by atoms with van der Waals surface area (Å²) in [5.41, 5.74) is 0. The Balaban J connectivity index is 2.58. The number of hydrogen-bond donors (Lipinski definition) is 0. The van der Waals surface area contributed by atoms with Crippen molar-refractivity contribution in [3.8, 4) is 0 Å². The fourth-order valence-electron chi connectivity index (χ4n) is 0.827. The van der Waals surface area contributed by atoms with Crippen LogP contribution in [0.4, 0.5) is 0 Å². The Hall–Kier alpha value is 0.314. The molecule has 0 aliphatic carbocycles. The largest absolute Gasteiger partial charge is 0.412 e. The molecule has 54 valence electrons. The summed E-state index contributed by atoms with van der Waals surface area (Å²) < 4.78 is 15.6. The van der Waals surface area contributed by atoms with Gasteiger partial charge in [-0.2, -0.15) is 0 Å². The first-order valence-corrected chi connectivity index (χ1v) is 8.62. The first-order chi connectivity index (χ1) is 3.91. The van der Waals surface area contributed by atoms with Crippen molar-refractivity contribution in [2.24, 2.45) is 0 Å². The maximum Gasteiger partial charge on any atom is 0.359 e. The molecule has 3 nitrogen and oxygen atoms in total. The molecule has 0 bridgehead atoms. The van der Waals surface area contributed by atoms with Crippen molar-refractivity contribution in [1.29, 1.82) is 0 Å². The lowest BCUT2D eigenvalue weighted by atomic mass is 11.9. The Labute approximate surface area is 57.4 Å². The third-order valence-electron chi connectivity index (χ3n) is 0.935. The van der Waals surface area contributed by atoms with Gasteiger partial charge >= 0.3 is 17.1 Å². The van der Waals surface area contributed by atoms with E-state index in [1.807, 2.05) is 26.2 Å². The average molecular weight is 164 g/mol. The SMILES string of the molecule is C[Si]1(C)OO[Si](C)(C)O1.